The zero-order chi connectivity index (χ0) is 25.4. The van der Waals surface area contributed by atoms with Gasteiger partial charge in [-0.1, -0.05) is 0 Å². The van der Waals surface area contributed by atoms with Crippen LogP contribution >= 0.6 is 0 Å². The minimum atomic E-state index is -5.17. The summed E-state index contributed by atoms with van der Waals surface area (Å²) < 4.78 is 113. The van der Waals surface area contributed by atoms with Gasteiger partial charge >= 0.3 is 12.4 Å². The van der Waals surface area contributed by atoms with Crippen molar-refractivity contribution >= 4 is 17.3 Å². The fourth-order valence-corrected chi connectivity index (χ4v) is 3.19. The highest BCUT2D eigenvalue weighted by Gasteiger charge is 2.52. The molecule has 1 saturated heterocycles. The first-order valence-electron chi connectivity index (χ1n) is 9.06. The number of alkyl halides is 6. The van der Waals surface area contributed by atoms with Crippen molar-refractivity contribution in [2.24, 2.45) is 0 Å². The number of benzene rings is 2. The van der Waals surface area contributed by atoms with Crippen molar-refractivity contribution in [2.75, 3.05) is 16.8 Å². The smallest absolute Gasteiger partial charge is 0.335 e. The van der Waals surface area contributed by atoms with Gasteiger partial charge in [0.05, 0.1) is 35.4 Å². The Balaban J connectivity index is 1.93. The number of ether oxygens (including phenoxy) is 1. The highest BCUT2D eigenvalue weighted by molar-refractivity contribution is 5.95. The summed E-state index contributed by atoms with van der Waals surface area (Å²) in [5, 5.41) is 19.3. The molecule has 0 aliphatic carbocycles. The van der Waals surface area contributed by atoms with E-state index in [4.69, 9.17) is 10.5 Å². The summed E-state index contributed by atoms with van der Waals surface area (Å²) in [6.07, 6.45) is -15.1. The monoisotopic (exact) mass is 490 g/mol. The third-order valence-corrected chi connectivity index (χ3v) is 4.69. The third-order valence-electron chi connectivity index (χ3n) is 4.69. The highest BCUT2D eigenvalue weighted by atomic mass is 19.4. The summed E-state index contributed by atoms with van der Waals surface area (Å²) in [6, 6.07) is 5.70. The number of hydrogen-bond acceptors (Lipinski definition) is 5. The molecule has 0 bridgehead atoms. The molecular formula is C20H10F8N4O2. The van der Waals surface area contributed by atoms with E-state index in [0.717, 1.165) is 6.07 Å². The molecule has 3 rings (SSSR count). The molecule has 1 fully saturated rings. The van der Waals surface area contributed by atoms with Gasteiger partial charge in [-0.3, -0.25) is 4.79 Å². The van der Waals surface area contributed by atoms with Crippen LogP contribution in [0.2, 0.25) is 0 Å². The average Bonchev–Trinajstić information content (AvgIpc) is 3.21. The Morgan fingerprint density at radius 2 is 1.65 bits per heavy atom. The Morgan fingerprint density at radius 3 is 2.15 bits per heavy atom. The van der Waals surface area contributed by atoms with E-state index in [9.17, 15) is 39.9 Å². The summed E-state index contributed by atoms with van der Waals surface area (Å²) in [6.45, 7) is -0.932. The van der Waals surface area contributed by atoms with Crippen molar-refractivity contribution in [3.05, 3.63) is 58.7 Å². The van der Waals surface area contributed by atoms with E-state index < -0.39 is 76.8 Å². The van der Waals surface area contributed by atoms with Crippen LogP contribution in [0.1, 0.15) is 16.7 Å². The first kappa shape index (κ1) is 24.7. The number of hydrogen-bond donors (Lipinski definition) is 1. The van der Waals surface area contributed by atoms with Crippen molar-refractivity contribution in [1.82, 2.24) is 0 Å². The lowest BCUT2D eigenvalue weighted by Gasteiger charge is -2.27. The van der Waals surface area contributed by atoms with Gasteiger partial charge in [-0.25, -0.2) is 8.78 Å². The second-order valence-electron chi connectivity index (χ2n) is 6.93. The van der Waals surface area contributed by atoms with E-state index in [1.807, 2.05) is 0 Å². The molecule has 0 radical (unpaired) electrons. The number of nitriles is 2. The number of anilines is 2. The quantitative estimate of drug-likeness (QED) is 0.642. The van der Waals surface area contributed by atoms with E-state index >= 15 is 0 Å². The summed E-state index contributed by atoms with van der Waals surface area (Å²) >= 11 is 0. The molecule has 1 amide bonds. The molecule has 1 aliphatic rings. The standard InChI is InChI=1S/C20H10F8N4O2/c21-13-3-9(6-29)4-14(22)16(13)31-17(33)15-8-32(18(34-15)20(26,27)28)11-2-1-10(7-30)12(5-11)19(23,24)25/h1-5,15,18H,8H2,(H,31,33)/t15-,18+/m0/s1. The molecule has 6 nitrogen and oxygen atoms in total. The highest BCUT2D eigenvalue weighted by Crippen LogP contribution is 2.39. The van der Waals surface area contributed by atoms with Crippen LogP contribution in [0.3, 0.4) is 0 Å². The minimum Gasteiger partial charge on any atom is -0.335 e. The first-order chi connectivity index (χ1) is 15.8. The van der Waals surface area contributed by atoms with Crippen molar-refractivity contribution in [1.29, 1.82) is 10.5 Å². The van der Waals surface area contributed by atoms with Crippen LogP contribution in [0.4, 0.5) is 46.5 Å². The molecule has 2 aromatic carbocycles. The van der Waals surface area contributed by atoms with E-state index in [1.54, 1.807) is 5.32 Å². The van der Waals surface area contributed by atoms with Gasteiger partial charge in [0.2, 0.25) is 6.23 Å². The van der Waals surface area contributed by atoms with E-state index in [0.29, 0.717) is 29.2 Å². The van der Waals surface area contributed by atoms with Crippen LogP contribution in [0.5, 0.6) is 0 Å². The van der Waals surface area contributed by atoms with Crippen molar-refractivity contribution in [3.63, 3.8) is 0 Å². The lowest BCUT2D eigenvalue weighted by Crippen LogP contribution is -2.42. The SMILES string of the molecule is N#Cc1cc(F)c(NC(=O)[C@@H]2CN(c3ccc(C#N)c(C(F)(F)F)c3)[C@@H](C(F)(F)F)O2)c(F)c1. The van der Waals surface area contributed by atoms with Gasteiger partial charge in [0.1, 0.15) is 5.69 Å². The molecule has 0 spiro atoms. The third kappa shape index (κ3) is 4.87. The zero-order valence-corrected chi connectivity index (χ0v) is 16.4. The van der Waals surface area contributed by atoms with Crippen LogP contribution in [-0.2, 0) is 15.7 Å². The second-order valence-corrected chi connectivity index (χ2v) is 6.93. The van der Waals surface area contributed by atoms with Gasteiger partial charge in [-0.05, 0) is 30.3 Å². The normalized spacial score (nSPS) is 18.4. The van der Waals surface area contributed by atoms with Crippen molar-refractivity contribution in [3.8, 4) is 12.1 Å². The average molecular weight is 490 g/mol. The Bertz CT molecular complexity index is 1190. The molecular weight excluding hydrogens is 480 g/mol. The number of carbonyl (C=O) groups excluding carboxylic acids is 1. The summed E-state index contributed by atoms with van der Waals surface area (Å²) in [5.74, 6) is -4.17. The predicted octanol–water partition coefficient (Wildman–Crippen LogP) is 4.46. The van der Waals surface area contributed by atoms with Gasteiger partial charge < -0.3 is 15.0 Å². The van der Waals surface area contributed by atoms with Crippen molar-refractivity contribution in [2.45, 2.75) is 24.7 Å². The van der Waals surface area contributed by atoms with Gasteiger partial charge in [0.25, 0.3) is 5.91 Å². The number of rotatable bonds is 3. The van der Waals surface area contributed by atoms with Gasteiger partial charge in [-0.2, -0.15) is 36.9 Å². The van der Waals surface area contributed by atoms with Gasteiger partial charge in [-0.15, -0.1) is 0 Å². The molecule has 1 aliphatic heterocycles. The molecule has 0 unspecified atom stereocenters. The Labute approximate surface area is 185 Å². The van der Waals surface area contributed by atoms with E-state index in [2.05, 4.69) is 4.74 Å². The number of halogens is 8. The van der Waals surface area contributed by atoms with Gasteiger partial charge in [0, 0.05) is 5.69 Å². The second kappa shape index (κ2) is 8.79. The summed E-state index contributed by atoms with van der Waals surface area (Å²) in [7, 11) is 0. The van der Waals surface area contributed by atoms with Crippen LogP contribution in [-0.4, -0.2) is 31.0 Å². The van der Waals surface area contributed by atoms with Crippen LogP contribution in [0.15, 0.2) is 30.3 Å². The Hall–Kier alpha value is -3.91. The maximum absolute atomic E-state index is 14.0. The molecule has 34 heavy (non-hydrogen) atoms. The topological polar surface area (TPSA) is 89.2 Å². The fraction of sp³-hybridized carbons (Fsp3) is 0.250. The molecule has 2 aromatic rings. The van der Waals surface area contributed by atoms with E-state index in [1.165, 1.54) is 12.1 Å². The molecule has 0 saturated carbocycles. The summed E-state index contributed by atoms with van der Waals surface area (Å²) in [4.78, 5) is 12.7. The van der Waals surface area contributed by atoms with Crippen LogP contribution in [0, 0.1) is 34.3 Å². The van der Waals surface area contributed by atoms with Crippen molar-refractivity contribution < 1.29 is 44.7 Å². The number of nitrogens with zero attached hydrogens (tertiary/aromatic N) is 3. The molecule has 0 aromatic heterocycles. The maximum atomic E-state index is 14.0. The van der Waals surface area contributed by atoms with Crippen LogP contribution < -0.4 is 10.2 Å². The molecule has 2 atom stereocenters. The number of nitrogens with one attached hydrogen (secondary N) is 1. The zero-order valence-electron chi connectivity index (χ0n) is 16.4. The summed E-state index contributed by atoms with van der Waals surface area (Å²) in [5.41, 5.74) is -4.45. The first-order valence-corrected chi connectivity index (χ1v) is 9.06. The lowest BCUT2D eigenvalue weighted by molar-refractivity contribution is -0.212. The van der Waals surface area contributed by atoms with Gasteiger partial charge in [0.15, 0.2) is 17.7 Å². The fourth-order valence-electron chi connectivity index (χ4n) is 3.19. The lowest BCUT2D eigenvalue weighted by atomic mass is 10.1. The minimum absolute atomic E-state index is 0.306. The largest absolute Gasteiger partial charge is 0.433 e. The molecule has 1 heterocycles. The van der Waals surface area contributed by atoms with E-state index in [-0.39, 0.29) is 0 Å². The Kier molecular flexibility index (Phi) is 6.40. The number of amides is 1. The molecule has 1 N–H and O–H groups in total. The predicted molar refractivity (Wildman–Crippen MR) is 97.9 cm³/mol. The molecule has 14 heteroatoms. The molecule has 178 valence electrons. The Morgan fingerprint density at radius 1 is 1.03 bits per heavy atom. The van der Waals surface area contributed by atoms with Crippen LogP contribution in [0.25, 0.3) is 0 Å². The maximum Gasteiger partial charge on any atom is 0.433 e. The number of carbonyl (C=O) groups is 1.